The van der Waals surface area contributed by atoms with Crippen LogP contribution in [0.3, 0.4) is 0 Å². The molecule has 8 heteroatoms. The van der Waals surface area contributed by atoms with Gasteiger partial charge >= 0.3 is 0 Å². The van der Waals surface area contributed by atoms with Crippen LogP contribution in [0.15, 0.2) is 18.2 Å². The van der Waals surface area contributed by atoms with Crippen LogP contribution >= 0.6 is 0 Å². The van der Waals surface area contributed by atoms with Crippen LogP contribution in [0.4, 0.5) is 5.82 Å². The highest BCUT2D eigenvalue weighted by Crippen LogP contribution is 2.27. The van der Waals surface area contributed by atoms with Gasteiger partial charge in [0, 0.05) is 36.6 Å². The first kappa shape index (κ1) is 16.3. The fourth-order valence-electron chi connectivity index (χ4n) is 2.34. The van der Waals surface area contributed by atoms with Gasteiger partial charge in [0.1, 0.15) is 11.7 Å². The van der Waals surface area contributed by atoms with Gasteiger partial charge in [-0.25, -0.2) is 0 Å². The van der Waals surface area contributed by atoms with Crippen LogP contribution < -0.4 is 21.7 Å². The standard InChI is InChI=1S/C15H21N7O/c1-8(23)9-3-4-10-11(7-9)22-14(19-2)12(10)13(16)20-5-6-21-15(17)18/h3-4,7,19,22H,5-6H2,1-2H3,(H2,16,20)(H4,17,18,21). The second-order valence-electron chi connectivity index (χ2n) is 5.08. The fourth-order valence-corrected chi connectivity index (χ4v) is 2.34. The summed E-state index contributed by atoms with van der Waals surface area (Å²) < 4.78 is 0. The number of hydrogen-bond donors (Lipinski definition) is 7. The number of aromatic amines is 1. The molecule has 0 unspecified atom stereocenters. The molecule has 0 bridgehead atoms. The molecule has 0 aliphatic carbocycles. The highest BCUT2D eigenvalue weighted by atomic mass is 16.1. The number of nitrogens with one attached hydrogen (secondary N) is 6. The van der Waals surface area contributed by atoms with E-state index in [1.165, 1.54) is 6.92 Å². The Hall–Kier alpha value is -3.03. The summed E-state index contributed by atoms with van der Waals surface area (Å²) in [6.45, 7) is 2.43. The van der Waals surface area contributed by atoms with Crippen LogP contribution in [-0.4, -0.2) is 42.7 Å². The number of nitrogens with two attached hydrogens (primary N) is 1. The Morgan fingerprint density at radius 1 is 1.26 bits per heavy atom. The lowest BCUT2D eigenvalue weighted by Gasteiger charge is -2.10. The van der Waals surface area contributed by atoms with Gasteiger partial charge < -0.3 is 26.7 Å². The molecule has 23 heavy (non-hydrogen) atoms. The number of amidine groups is 1. The molecule has 2 aromatic rings. The van der Waals surface area contributed by atoms with Crippen LogP contribution in [-0.2, 0) is 0 Å². The number of benzene rings is 1. The largest absolute Gasteiger partial charge is 0.374 e. The minimum atomic E-state index is -0.0990. The van der Waals surface area contributed by atoms with Gasteiger partial charge in [-0.3, -0.25) is 15.6 Å². The highest BCUT2D eigenvalue weighted by Gasteiger charge is 2.15. The maximum absolute atomic E-state index is 11.5. The first-order valence-electron chi connectivity index (χ1n) is 7.19. The lowest BCUT2D eigenvalue weighted by molar-refractivity contribution is 0.101. The number of rotatable bonds is 6. The van der Waals surface area contributed by atoms with Crippen molar-refractivity contribution in [3.05, 3.63) is 29.3 Å². The monoisotopic (exact) mass is 315 g/mol. The number of ketones is 1. The van der Waals surface area contributed by atoms with Crippen molar-refractivity contribution in [3.8, 4) is 0 Å². The Morgan fingerprint density at radius 3 is 2.57 bits per heavy atom. The average molecular weight is 315 g/mol. The topological polar surface area (TPSA) is 143 Å². The van der Waals surface area contributed by atoms with Crippen LogP contribution in [0.25, 0.3) is 10.9 Å². The predicted molar refractivity (Wildman–Crippen MR) is 92.6 cm³/mol. The van der Waals surface area contributed by atoms with Gasteiger partial charge in [-0.2, -0.15) is 0 Å². The third-order valence-corrected chi connectivity index (χ3v) is 3.45. The maximum atomic E-state index is 11.5. The summed E-state index contributed by atoms with van der Waals surface area (Å²) in [7, 11) is 1.77. The number of guanidine groups is 1. The van der Waals surface area contributed by atoms with E-state index in [4.69, 9.17) is 16.6 Å². The number of anilines is 1. The van der Waals surface area contributed by atoms with Crippen LogP contribution in [0, 0.1) is 10.8 Å². The van der Waals surface area contributed by atoms with Gasteiger partial charge in [-0.1, -0.05) is 12.1 Å². The summed E-state index contributed by atoms with van der Waals surface area (Å²) in [4.78, 5) is 14.7. The van der Waals surface area contributed by atoms with E-state index in [0.29, 0.717) is 30.0 Å². The lowest BCUT2D eigenvalue weighted by Crippen LogP contribution is -2.37. The molecule has 0 radical (unpaired) electrons. The molecule has 1 aromatic carbocycles. The highest BCUT2D eigenvalue weighted by molar-refractivity contribution is 6.13. The van der Waals surface area contributed by atoms with Crippen molar-refractivity contribution < 1.29 is 4.79 Å². The van der Waals surface area contributed by atoms with Crippen molar-refractivity contribution in [2.24, 2.45) is 5.73 Å². The van der Waals surface area contributed by atoms with Gasteiger partial charge in [0.25, 0.3) is 0 Å². The first-order chi connectivity index (χ1) is 10.9. The summed E-state index contributed by atoms with van der Waals surface area (Å²) >= 11 is 0. The van der Waals surface area contributed by atoms with Crippen molar-refractivity contribution >= 4 is 34.3 Å². The van der Waals surface area contributed by atoms with E-state index in [9.17, 15) is 4.79 Å². The van der Waals surface area contributed by atoms with Gasteiger partial charge in [0.05, 0.1) is 5.56 Å². The van der Waals surface area contributed by atoms with Crippen LogP contribution in [0.1, 0.15) is 22.8 Å². The van der Waals surface area contributed by atoms with Gasteiger partial charge in [0.2, 0.25) is 0 Å². The van der Waals surface area contributed by atoms with Crippen molar-refractivity contribution in [2.45, 2.75) is 6.92 Å². The van der Waals surface area contributed by atoms with E-state index < -0.39 is 0 Å². The van der Waals surface area contributed by atoms with Gasteiger partial charge in [0.15, 0.2) is 11.7 Å². The number of aromatic nitrogens is 1. The molecule has 0 saturated heterocycles. The van der Waals surface area contributed by atoms with E-state index in [-0.39, 0.29) is 17.6 Å². The van der Waals surface area contributed by atoms with Crippen molar-refractivity contribution in [1.82, 2.24) is 15.6 Å². The zero-order chi connectivity index (χ0) is 17.0. The molecule has 122 valence electrons. The van der Waals surface area contributed by atoms with Crippen LogP contribution in [0.5, 0.6) is 0 Å². The number of carbonyl (C=O) groups is 1. The summed E-state index contributed by atoms with van der Waals surface area (Å²) in [5, 5.41) is 24.9. The smallest absolute Gasteiger partial charge is 0.185 e. The Labute approximate surface area is 133 Å². The molecular formula is C15H21N7O. The molecule has 0 spiro atoms. The molecule has 0 saturated carbocycles. The molecule has 0 aliphatic heterocycles. The van der Waals surface area contributed by atoms with Gasteiger partial charge in [-0.15, -0.1) is 0 Å². The summed E-state index contributed by atoms with van der Waals surface area (Å²) in [6, 6.07) is 5.38. The molecule has 0 aliphatic rings. The molecule has 1 aromatic heterocycles. The zero-order valence-electron chi connectivity index (χ0n) is 13.1. The van der Waals surface area contributed by atoms with E-state index in [0.717, 1.165) is 10.9 Å². The minimum Gasteiger partial charge on any atom is -0.374 e. The second-order valence-corrected chi connectivity index (χ2v) is 5.08. The molecule has 0 atom stereocenters. The normalized spacial score (nSPS) is 10.3. The Morgan fingerprint density at radius 2 is 1.96 bits per heavy atom. The molecule has 0 amide bonds. The lowest BCUT2D eigenvalue weighted by atomic mass is 10.1. The van der Waals surface area contributed by atoms with E-state index in [2.05, 4.69) is 20.9 Å². The number of Topliss-reactive ketones (excluding diaryl/α,β-unsaturated/α-hetero) is 1. The van der Waals surface area contributed by atoms with Crippen molar-refractivity contribution in [1.29, 1.82) is 10.8 Å². The summed E-state index contributed by atoms with van der Waals surface area (Å²) in [5.74, 6) is 0.856. The fraction of sp³-hybridized carbons (Fsp3) is 0.267. The van der Waals surface area contributed by atoms with Crippen molar-refractivity contribution in [2.75, 3.05) is 25.5 Å². The molecular weight excluding hydrogens is 294 g/mol. The molecule has 1 heterocycles. The molecule has 8 N–H and O–H groups in total. The quantitative estimate of drug-likeness (QED) is 0.183. The maximum Gasteiger partial charge on any atom is 0.185 e. The Kier molecular flexibility index (Phi) is 4.85. The van der Waals surface area contributed by atoms with Crippen LogP contribution in [0.2, 0.25) is 0 Å². The van der Waals surface area contributed by atoms with E-state index >= 15 is 0 Å². The van der Waals surface area contributed by atoms with Crippen molar-refractivity contribution in [3.63, 3.8) is 0 Å². The summed E-state index contributed by atoms with van der Waals surface area (Å²) in [6.07, 6.45) is 0. The molecule has 0 fully saturated rings. The average Bonchev–Trinajstić information content (AvgIpc) is 2.88. The molecule has 8 nitrogen and oxygen atoms in total. The van der Waals surface area contributed by atoms with E-state index in [1.54, 1.807) is 19.2 Å². The third-order valence-electron chi connectivity index (χ3n) is 3.45. The Bertz CT molecular complexity index is 763. The number of carbonyl (C=O) groups excluding carboxylic acids is 1. The number of fused-ring (bicyclic) bond motifs is 1. The SMILES string of the molecule is CNc1[nH]c2cc(C(C)=O)ccc2c1C(=N)NCCNC(=N)N. The third kappa shape index (κ3) is 3.60. The Balaban J connectivity index is 2.26. The summed E-state index contributed by atoms with van der Waals surface area (Å²) in [5.41, 5.74) is 7.34. The molecule has 2 rings (SSSR count). The number of hydrogen-bond acceptors (Lipinski definition) is 4. The van der Waals surface area contributed by atoms with E-state index in [1.807, 2.05) is 6.07 Å². The minimum absolute atomic E-state index is 0.00225. The predicted octanol–water partition coefficient (Wildman–Crippen LogP) is 0.810. The number of H-pyrrole nitrogens is 1. The van der Waals surface area contributed by atoms with Gasteiger partial charge in [-0.05, 0) is 13.0 Å². The second kappa shape index (κ2) is 6.82. The zero-order valence-corrected chi connectivity index (χ0v) is 13.1. The first-order valence-corrected chi connectivity index (χ1v) is 7.19.